The molecule has 3 rings (SSSR count). The highest BCUT2D eigenvalue weighted by Crippen LogP contribution is 2.26. The van der Waals surface area contributed by atoms with Crippen molar-refractivity contribution in [1.29, 1.82) is 0 Å². The van der Waals surface area contributed by atoms with E-state index in [2.05, 4.69) is 17.1 Å². The number of pyridine rings is 1. The lowest BCUT2D eigenvalue weighted by molar-refractivity contribution is -0.128. The molecule has 110 valence electrons. The number of rotatable bonds is 3. The Balaban J connectivity index is 1.87. The summed E-state index contributed by atoms with van der Waals surface area (Å²) in [6.45, 7) is 4.23. The van der Waals surface area contributed by atoms with Crippen LogP contribution in [0, 0.1) is 6.92 Å². The van der Waals surface area contributed by atoms with Crippen molar-refractivity contribution in [2.45, 2.75) is 19.8 Å². The predicted molar refractivity (Wildman–Crippen MR) is 85.6 cm³/mol. The summed E-state index contributed by atoms with van der Waals surface area (Å²) in [5.41, 5.74) is 3.03. The molecule has 4 nitrogen and oxygen atoms in total. The monoisotopic (exact) mass is 283 g/mol. The summed E-state index contributed by atoms with van der Waals surface area (Å²) in [5.74, 6) is 0.216. The van der Waals surface area contributed by atoms with Gasteiger partial charge in [-0.25, -0.2) is 0 Å². The molecule has 21 heavy (non-hydrogen) atoms. The average Bonchev–Trinajstić information content (AvgIpc) is 3.00. The van der Waals surface area contributed by atoms with Crippen molar-refractivity contribution in [3.05, 3.63) is 36.0 Å². The Bertz CT molecular complexity index is 662. The van der Waals surface area contributed by atoms with E-state index in [1.165, 1.54) is 0 Å². The molecule has 0 atom stereocenters. The number of benzene rings is 1. The number of aromatic nitrogens is 1. The van der Waals surface area contributed by atoms with Crippen molar-refractivity contribution < 1.29 is 4.79 Å². The lowest BCUT2D eigenvalue weighted by atomic mass is 10.1. The van der Waals surface area contributed by atoms with E-state index in [9.17, 15) is 4.79 Å². The molecule has 1 saturated heterocycles. The van der Waals surface area contributed by atoms with Crippen LogP contribution in [-0.2, 0) is 4.79 Å². The highest BCUT2D eigenvalue weighted by molar-refractivity contribution is 5.93. The van der Waals surface area contributed by atoms with Gasteiger partial charge < -0.3 is 9.80 Å². The van der Waals surface area contributed by atoms with Crippen LogP contribution in [0.15, 0.2) is 30.3 Å². The fraction of sp³-hybridized carbons (Fsp3) is 0.412. The Labute approximate surface area is 125 Å². The van der Waals surface area contributed by atoms with Crippen LogP contribution < -0.4 is 4.90 Å². The maximum atomic E-state index is 12.3. The maximum Gasteiger partial charge on any atom is 0.242 e. The van der Waals surface area contributed by atoms with E-state index in [0.717, 1.165) is 48.2 Å². The molecular weight excluding hydrogens is 262 g/mol. The molecular formula is C17H21N3O. The zero-order chi connectivity index (χ0) is 14.8. The number of carbonyl (C=O) groups is 1. The highest BCUT2D eigenvalue weighted by atomic mass is 16.2. The highest BCUT2D eigenvalue weighted by Gasteiger charge is 2.20. The largest absolute Gasteiger partial charge is 0.365 e. The minimum atomic E-state index is 0.216. The molecule has 0 aliphatic carbocycles. The van der Waals surface area contributed by atoms with E-state index in [1.807, 2.05) is 42.0 Å². The van der Waals surface area contributed by atoms with Gasteiger partial charge in [-0.1, -0.05) is 18.2 Å². The first-order chi connectivity index (χ1) is 10.1. The molecule has 0 saturated carbocycles. The molecule has 2 heterocycles. The third-order valence-corrected chi connectivity index (χ3v) is 4.06. The Hall–Kier alpha value is -2.10. The molecule has 2 aromatic rings. The lowest BCUT2D eigenvalue weighted by Gasteiger charge is -2.24. The van der Waals surface area contributed by atoms with Gasteiger partial charge in [0, 0.05) is 36.9 Å². The van der Waals surface area contributed by atoms with E-state index < -0.39 is 0 Å². The molecule has 1 fully saturated rings. The van der Waals surface area contributed by atoms with Gasteiger partial charge in [0.25, 0.3) is 0 Å². The van der Waals surface area contributed by atoms with Crippen molar-refractivity contribution in [2.75, 3.05) is 31.6 Å². The third kappa shape index (κ3) is 2.84. The number of fused-ring (bicyclic) bond motifs is 1. The molecule has 0 bridgehead atoms. The van der Waals surface area contributed by atoms with Gasteiger partial charge >= 0.3 is 0 Å². The Morgan fingerprint density at radius 1 is 1.29 bits per heavy atom. The third-order valence-electron chi connectivity index (χ3n) is 4.06. The van der Waals surface area contributed by atoms with Gasteiger partial charge in [0.2, 0.25) is 5.91 Å². The van der Waals surface area contributed by atoms with Crippen molar-refractivity contribution in [3.8, 4) is 0 Å². The van der Waals surface area contributed by atoms with Gasteiger partial charge in [-0.2, -0.15) is 0 Å². The number of aryl methyl sites for hydroxylation is 1. The lowest BCUT2D eigenvalue weighted by Crippen LogP contribution is -2.37. The molecule has 1 aromatic carbocycles. The van der Waals surface area contributed by atoms with Crippen LogP contribution in [0.3, 0.4) is 0 Å². The number of amides is 1. The van der Waals surface area contributed by atoms with Crippen molar-refractivity contribution in [1.82, 2.24) is 9.88 Å². The summed E-state index contributed by atoms with van der Waals surface area (Å²) in [7, 11) is 1.98. The van der Waals surface area contributed by atoms with Crippen molar-refractivity contribution in [3.63, 3.8) is 0 Å². The molecule has 0 N–H and O–H groups in total. The SMILES string of the molecule is Cc1cc(N(C)CC(=O)N2CCCC2)c2ccccc2n1. The number of hydrogen-bond acceptors (Lipinski definition) is 3. The number of likely N-dealkylation sites (N-methyl/N-ethyl adjacent to an activating group) is 1. The fourth-order valence-corrected chi connectivity index (χ4v) is 2.96. The number of nitrogens with zero attached hydrogens (tertiary/aromatic N) is 3. The van der Waals surface area contributed by atoms with E-state index in [-0.39, 0.29) is 5.91 Å². The molecule has 0 spiro atoms. The summed E-state index contributed by atoms with van der Waals surface area (Å²) in [4.78, 5) is 20.9. The average molecular weight is 283 g/mol. The summed E-state index contributed by atoms with van der Waals surface area (Å²) < 4.78 is 0. The quantitative estimate of drug-likeness (QED) is 0.869. The second-order valence-electron chi connectivity index (χ2n) is 5.74. The Kier molecular flexibility index (Phi) is 3.78. The van der Waals surface area contributed by atoms with Gasteiger partial charge in [0.1, 0.15) is 0 Å². The normalized spacial score (nSPS) is 14.7. The van der Waals surface area contributed by atoms with Gasteiger partial charge in [0.15, 0.2) is 0 Å². The molecule has 0 unspecified atom stereocenters. The van der Waals surface area contributed by atoms with E-state index >= 15 is 0 Å². The van der Waals surface area contributed by atoms with Crippen LogP contribution in [0.1, 0.15) is 18.5 Å². The molecule has 1 aliphatic rings. The van der Waals surface area contributed by atoms with Gasteiger partial charge in [-0.15, -0.1) is 0 Å². The Morgan fingerprint density at radius 3 is 2.76 bits per heavy atom. The Morgan fingerprint density at radius 2 is 2.00 bits per heavy atom. The minimum Gasteiger partial charge on any atom is -0.365 e. The second-order valence-corrected chi connectivity index (χ2v) is 5.74. The fourth-order valence-electron chi connectivity index (χ4n) is 2.96. The number of anilines is 1. The van der Waals surface area contributed by atoms with Crippen LogP contribution in [0.25, 0.3) is 10.9 Å². The van der Waals surface area contributed by atoms with Gasteiger partial charge in [0.05, 0.1) is 12.1 Å². The van der Waals surface area contributed by atoms with Crippen LogP contribution in [0.5, 0.6) is 0 Å². The first-order valence-corrected chi connectivity index (χ1v) is 7.50. The van der Waals surface area contributed by atoms with Crippen LogP contribution in [-0.4, -0.2) is 42.5 Å². The topological polar surface area (TPSA) is 36.4 Å². The van der Waals surface area contributed by atoms with E-state index in [1.54, 1.807) is 0 Å². The standard InChI is InChI=1S/C17H21N3O/c1-13-11-16(14-7-3-4-8-15(14)18-13)19(2)12-17(21)20-9-5-6-10-20/h3-4,7-8,11H,5-6,9-10,12H2,1-2H3. The van der Waals surface area contributed by atoms with E-state index in [0.29, 0.717) is 6.54 Å². The van der Waals surface area contributed by atoms with Gasteiger partial charge in [-0.05, 0) is 31.9 Å². The van der Waals surface area contributed by atoms with Crippen LogP contribution in [0.2, 0.25) is 0 Å². The summed E-state index contributed by atoms with van der Waals surface area (Å²) in [6.07, 6.45) is 2.26. The van der Waals surface area contributed by atoms with Gasteiger partial charge in [-0.3, -0.25) is 9.78 Å². The number of carbonyl (C=O) groups excluding carboxylic acids is 1. The van der Waals surface area contributed by atoms with Crippen molar-refractivity contribution in [2.24, 2.45) is 0 Å². The van der Waals surface area contributed by atoms with Crippen LogP contribution in [0.4, 0.5) is 5.69 Å². The molecule has 1 amide bonds. The number of likely N-dealkylation sites (tertiary alicyclic amines) is 1. The van der Waals surface area contributed by atoms with Crippen LogP contribution >= 0.6 is 0 Å². The molecule has 1 aromatic heterocycles. The summed E-state index contributed by atoms with van der Waals surface area (Å²) >= 11 is 0. The zero-order valence-electron chi connectivity index (χ0n) is 12.7. The van der Waals surface area contributed by atoms with Crippen molar-refractivity contribution >= 4 is 22.5 Å². The van der Waals surface area contributed by atoms with E-state index in [4.69, 9.17) is 0 Å². The summed E-state index contributed by atoms with van der Waals surface area (Å²) in [6, 6.07) is 10.1. The molecule has 1 aliphatic heterocycles. The molecule has 4 heteroatoms. The smallest absolute Gasteiger partial charge is 0.242 e. The molecule has 0 radical (unpaired) electrons. The second kappa shape index (κ2) is 5.72. The maximum absolute atomic E-state index is 12.3. The first-order valence-electron chi connectivity index (χ1n) is 7.50. The number of para-hydroxylation sites is 1. The minimum absolute atomic E-state index is 0.216. The summed E-state index contributed by atoms with van der Waals surface area (Å²) in [5, 5.41) is 1.10. The predicted octanol–water partition coefficient (Wildman–Crippen LogP) is 2.60. The zero-order valence-corrected chi connectivity index (χ0v) is 12.7. The first kappa shape index (κ1) is 13.9. The number of hydrogen-bond donors (Lipinski definition) is 0.